The molecule has 4 rings (SSSR count). The van der Waals surface area contributed by atoms with Crippen LogP contribution in [0, 0.1) is 20.8 Å². The second-order valence-electron chi connectivity index (χ2n) is 8.98. The van der Waals surface area contributed by atoms with Gasteiger partial charge in [0.15, 0.2) is 15.0 Å². The SMILES string of the molecule is COc1cc(Cc2csc(N3CCC(S(=O)(=O)c4c(C)cc(C)cc4C)CC3)n2)cc(OC)c1. The Labute approximate surface area is 206 Å². The van der Waals surface area contributed by atoms with E-state index in [2.05, 4.69) is 10.3 Å². The van der Waals surface area contributed by atoms with Gasteiger partial charge in [0.25, 0.3) is 0 Å². The number of hydrogen-bond donors (Lipinski definition) is 0. The van der Waals surface area contributed by atoms with Crippen molar-refractivity contribution in [1.82, 2.24) is 4.98 Å². The van der Waals surface area contributed by atoms with E-state index in [1.54, 1.807) is 25.6 Å². The first-order chi connectivity index (χ1) is 16.2. The van der Waals surface area contributed by atoms with Gasteiger partial charge in [0.2, 0.25) is 0 Å². The van der Waals surface area contributed by atoms with Gasteiger partial charge in [0.05, 0.1) is 30.1 Å². The number of nitrogens with zero attached hydrogens (tertiary/aromatic N) is 2. The molecule has 34 heavy (non-hydrogen) atoms. The molecule has 1 aliphatic rings. The van der Waals surface area contributed by atoms with Crippen molar-refractivity contribution in [3.63, 3.8) is 0 Å². The van der Waals surface area contributed by atoms with Gasteiger partial charge < -0.3 is 14.4 Å². The summed E-state index contributed by atoms with van der Waals surface area (Å²) in [7, 11) is -0.0746. The molecule has 0 aliphatic carbocycles. The molecule has 1 aromatic heterocycles. The van der Waals surface area contributed by atoms with Gasteiger partial charge in [-0.15, -0.1) is 11.3 Å². The number of hydrogen-bond acceptors (Lipinski definition) is 7. The molecular formula is C26H32N2O4S2. The van der Waals surface area contributed by atoms with Crippen LogP contribution in [-0.2, 0) is 16.3 Å². The van der Waals surface area contributed by atoms with Crippen molar-refractivity contribution >= 4 is 26.3 Å². The number of sulfone groups is 1. The smallest absolute Gasteiger partial charge is 0.185 e. The summed E-state index contributed by atoms with van der Waals surface area (Å²) >= 11 is 1.61. The molecule has 1 saturated heterocycles. The molecule has 0 bridgehead atoms. The standard InChI is InChI=1S/C26H32N2O4S2/c1-17-10-18(2)25(19(3)11-17)34(29,30)24-6-8-28(9-7-24)26-27-21(16-33-26)12-20-13-22(31-4)15-23(14-20)32-5/h10-11,13-16,24H,6-9,12H2,1-5H3. The van der Waals surface area contributed by atoms with Crippen LogP contribution in [0.15, 0.2) is 40.6 Å². The molecule has 1 aliphatic heterocycles. The molecule has 0 unspecified atom stereocenters. The summed E-state index contributed by atoms with van der Waals surface area (Å²) < 4.78 is 37.6. The fraction of sp³-hybridized carbons (Fsp3) is 0.423. The Morgan fingerprint density at radius 3 is 2.12 bits per heavy atom. The van der Waals surface area contributed by atoms with E-state index in [9.17, 15) is 8.42 Å². The van der Waals surface area contributed by atoms with Crippen LogP contribution in [0.1, 0.15) is 40.8 Å². The van der Waals surface area contributed by atoms with E-state index in [0.717, 1.165) is 44.6 Å². The van der Waals surface area contributed by atoms with Crippen LogP contribution >= 0.6 is 11.3 Å². The highest BCUT2D eigenvalue weighted by molar-refractivity contribution is 7.92. The van der Waals surface area contributed by atoms with Crippen molar-refractivity contribution in [3.05, 3.63) is 63.7 Å². The number of methoxy groups -OCH3 is 2. The predicted octanol–water partition coefficient (Wildman–Crippen LogP) is 5.12. The lowest BCUT2D eigenvalue weighted by molar-refractivity contribution is 0.393. The molecule has 1 fully saturated rings. The predicted molar refractivity (Wildman–Crippen MR) is 138 cm³/mol. The van der Waals surface area contributed by atoms with Gasteiger partial charge in [0.1, 0.15) is 11.5 Å². The highest BCUT2D eigenvalue weighted by atomic mass is 32.2. The molecule has 0 spiro atoms. The van der Waals surface area contributed by atoms with E-state index in [1.165, 1.54) is 0 Å². The Kier molecular flexibility index (Phi) is 7.19. The third-order valence-electron chi connectivity index (χ3n) is 6.38. The van der Waals surface area contributed by atoms with Gasteiger partial charge in [0, 0.05) is 31.0 Å². The highest BCUT2D eigenvalue weighted by Crippen LogP contribution is 2.33. The maximum absolute atomic E-state index is 13.4. The molecule has 2 heterocycles. The summed E-state index contributed by atoms with van der Waals surface area (Å²) in [4.78, 5) is 7.56. The average molecular weight is 501 g/mol. The molecule has 0 amide bonds. The number of aromatic nitrogens is 1. The number of aryl methyl sites for hydroxylation is 3. The molecule has 2 aromatic carbocycles. The van der Waals surface area contributed by atoms with Crippen molar-refractivity contribution in [2.24, 2.45) is 0 Å². The minimum Gasteiger partial charge on any atom is -0.497 e. The van der Waals surface area contributed by atoms with Gasteiger partial charge in [-0.2, -0.15) is 0 Å². The zero-order chi connectivity index (χ0) is 24.5. The first-order valence-corrected chi connectivity index (χ1v) is 13.9. The number of benzene rings is 2. The fourth-order valence-corrected chi connectivity index (χ4v) is 7.90. The second-order valence-corrected chi connectivity index (χ2v) is 12.0. The first kappa shape index (κ1) is 24.5. The lowest BCUT2D eigenvalue weighted by atomic mass is 10.1. The van der Waals surface area contributed by atoms with Crippen LogP contribution in [0.3, 0.4) is 0 Å². The van der Waals surface area contributed by atoms with Crippen molar-refractivity contribution in [1.29, 1.82) is 0 Å². The highest BCUT2D eigenvalue weighted by Gasteiger charge is 2.34. The first-order valence-electron chi connectivity index (χ1n) is 11.4. The van der Waals surface area contributed by atoms with E-state index >= 15 is 0 Å². The Morgan fingerprint density at radius 1 is 0.971 bits per heavy atom. The molecule has 0 atom stereocenters. The Balaban J connectivity index is 1.44. The number of rotatable bonds is 7. The molecule has 182 valence electrons. The zero-order valence-corrected chi connectivity index (χ0v) is 22.1. The number of thiazole rings is 1. The Morgan fingerprint density at radius 2 is 1.56 bits per heavy atom. The largest absolute Gasteiger partial charge is 0.497 e. The summed E-state index contributed by atoms with van der Waals surface area (Å²) in [5.41, 5.74) is 4.84. The number of piperidine rings is 1. The number of anilines is 1. The number of ether oxygens (including phenoxy) is 2. The summed E-state index contributed by atoms with van der Waals surface area (Å²) in [6, 6.07) is 9.77. The lowest BCUT2D eigenvalue weighted by Gasteiger charge is -2.32. The normalized spacial score (nSPS) is 14.9. The zero-order valence-electron chi connectivity index (χ0n) is 20.4. The van der Waals surface area contributed by atoms with E-state index in [4.69, 9.17) is 14.5 Å². The molecule has 0 N–H and O–H groups in total. The van der Waals surface area contributed by atoms with Crippen LogP contribution in [0.2, 0.25) is 0 Å². The topological polar surface area (TPSA) is 68.7 Å². The monoisotopic (exact) mass is 500 g/mol. The van der Waals surface area contributed by atoms with Crippen molar-refractivity contribution in [3.8, 4) is 11.5 Å². The summed E-state index contributed by atoms with van der Waals surface area (Å²) in [5, 5.41) is 2.67. The van der Waals surface area contributed by atoms with Crippen molar-refractivity contribution in [2.45, 2.75) is 50.2 Å². The maximum Gasteiger partial charge on any atom is 0.185 e. The van der Waals surface area contributed by atoms with Crippen LogP contribution in [-0.4, -0.2) is 46.0 Å². The Bertz CT molecular complexity index is 1230. The molecule has 0 radical (unpaired) electrons. The van der Waals surface area contributed by atoms with Gasteiger partial charge in [-0.3, -0.25) is 0 Å². The van der Waals surface area contributed by atoms with E-state index in [1.807, 2.05) is 51.1 Å². The summed E-state index contributed by atoms with van der Waals surface area (Å²) in [5.74, 6) is 1.51. The van der Waals surface area contributed by atoms with Crippen LogP contribution in [0.25, 0.3) is 0 Å². The van der Waals surface area contributed by atoms with Gasteiger partial charge >= 0.3 is 0 Å². The minimum atomic E-state index is -3.36. The van der Waals surface area contributed by atoms with Crippen LogP contribution < -0.4 is 14.4 Å². The van der Waals surface area contributed by atoms with E-state index < -0.39 is 9.84 Å². The molecular weight excluding hydrogens is 468 g/mol. The van der Waals surface area contributed by atoms with E-state index in [-0.39, 0.29) is 5.25 Å². The molecule has 3 aromatic rings. The fourth-order valence-electron chi connectivity index (χ4n) is 4.84. The summed E-state index contributed by atoms with van der Waals surface area (Å²) in [6.07, 6.45) is 1.90. The van der Waals surface area contributed by atoms with Gasteiger partial charge in [-0.1, -0.05) is 17.7 Å². The van der Waals surface area contributed by atoms with Gasteiger partial charge in [-0.25, -0.2) is 13.4 Å². The maximum atomic E-state index is 13.4. The van der Waals surface area contributed by atoms with Crippen LogP contribution in [0.5, 0.6) is 11.5 Å². The van der Waals surface area contributed by atoms with Gasteiger partial charge in [-0.05, 0) is 62.4 Å². The molecule has 6 nitrogen and oxygen atoms in total. The average Bonchev–Trinajstić information content (AvgIpc) is 3.26. The third kappa shape index (κ3) is 5.08. The second kappa shape index (κ2) is 9.96. The quantitative estimate of drug-likeness (QED) is 0.449. The van der Waals surface area contributed by atoms with E-state index in [0.29, 0.717) is 37.2 Å². The van der Waals surface area contributed by atoms with Crippen LogP contribution in [0.4, 0.5) is 5.13 Å². The van der Waals surface area contributed by atoms with Crippen molar-refractivity contribution in [2.75, 3.05) is 32.2 Å². The summed E-state index contributed by atoms with van der Waals surface area (Å²) in [6.45, 7) is 7.18. The molecule has 8 heteroatoms. The molecule has 0 saturated carbocycles. The Hall–Kier alpha value is -2.58. The van der Waals surface area contributed by atoms with Crippen molar-refractivity contribution < 1.29 is 17.9 Å². The third-order valence-corrected chi connectivity index (χ3v) is 9.89. The lowest BCUT2D eigenvalue weighted by Crippen LogP contribution is -2.39. The minimum absolute atomic E-state index is 0.354.